The summed E-state index contributed by atoms with van der Waals surface area (Å²) in [6.07, 6.45) is 1.39. The van der Waals surface area contributed by atoms with E-state index in [9.17, 15) is 14.7 Å². The third-order valence-electron chi connectivity index (χ3n) is 3.93. The quantitative estimate of drug-likeness (QED) is 0.259. The smallest absolute Gasteiger partial charge is 0.343 e. The van der Waals surface area contributed by atoms with E-state index in [4.69, 9.17) is 4.74 Å². The average molecular weight is 453 g/mol. The van der Waals surface area contributed by atoms with Gasteiger partial charge in [0.05, 0.1) is 11.8 Å². The number of aryl methyl sites for hydroxylation is 1. The lowest BCUT2D eigenvalue weighted by atomic mass is 10.1. The SMILES string of the molecule is Cc1cccc(C(=O)Oc2ccc(Br)cc2/C=N\NC(=O)c2ccc(O)cc2)c1. The molecule has 3 aromatic rings. The normalized spacial score (nSPS) is 10.7. The fraction of sp³-hybridized carbons (Fsp3) is 0.0455. The second-order valence-electron chi connectivity index (χ2n) is 6.19. The Morgan fingerprint density at radius 3 is 2.52 bits per heavy atom. The van der Waals surface area contributed by atoms with Gasteiger partial charge in [0.1, 0.15) is 11.5 Å². The lowest BCUT2D eigenvalue weighted by Gasteiger charge is -2.08. The van der Waals surface area contributed by atoms with Gasteiger partial charge >= 0.3 is 5.97 Å². The van der Waals surface area contributed by atoms with Crippen LogP contribution in [0.4, 0.5) is 0 Å². The van der Waals surface area contributed by atoms with Crippen molar-refractivity contribution in [2.24, 2.45) is 5.10 Å². The Morgan fingerprint density at radius 2 is 1.79 bits per heavy atom. The molecule has 0 fully saturated rings. The molecule has 2 N–H and O–H groups in total. The maximum absolute atomic E-state index is 12.4. The lowest BCUT2D eigenvalue weighted by molar-refractivity contribution is 0.0734. The van der Waals surface area contributed by atoms with Crippen molar-refractivity contribution < 1.29 is 19.4 Å². The highest BCUT2D eigenvalue weighted by Gasteiger charge is 2.12. The summed E-state index contributed by atoms with van der Waals surface area (Å²) in [5.41, 5.74) is 4.65. The number of amides is 1. The van der Waals surface area contributed by atoms with Crippen LogP contribution < -0.4 is 10.2 Å². The van der Waals surface area contributed by atoms with E-state index in [0.29, 0.717) is 22.4 Å². The number of ether oxygens (including phenoxy) is 1. The van der Waals surface area contributed by atoms with Gasteiger partial charge in [-0.05, 0) is 61.5 Å². The molecule has 3 aromatic carbocycles. The molecule has 0 aliphatic rings. The molecule has 0 saturated heterocycles. The van der Waals surface area contributed by atoms with Crippen LogP contribution in [0.5, 0.6) is 11.5 Å². The number of hydrogen-bond acceptors (Lipinski definition) is 5. The molecule has 0 radical (unpaired) electrons. The molecule has 0 spiro atoms. The van der Waals surface area contributed by atoms with Gasteiger partial charge in [0.25, 0.3) is 5.91 Å². The number of carbonyl (C=O) groups is 2. The van der Waals surface area contributed by atoms with Crippen LogP contribution in [-0.2, 0) is 0 Å². The van der Waals surface area contributed by atoms with Crippen molar-refractivity contribution in [1.29, 1.82) is 0 Å². The Hall–Kier alpha value is -3.45. The van der Waals surface area contributed by atoms with E-state index < -0.39 is 11.9 Å². The molecule has 0 aliphatic carbocycles. The summed E-state index contributed by atoms with van der Waals surface area (Å²) in [6.45, 7) is 1.89. The van der Waals surface area contributed by atoms with E-state index in [1.54, 1.807) is 36.4 Å². The minimum Gasteiger partial charge on any atom is -0.508 e. The third kappa shape index (κ3) is 5.52. The van der Waals surface area contributed by atoms with E-state index in [1.165, 1.54) is 30.5 Å². The van der Waals surface area contributed by atoms with Gasteiger partial charge < -0.3 is 9.84 Å². The molecule has 0 atom stereocenters. The first kappa shape index (κ1) is 20.3. The lowest BCUT2D eigenvalue weighted by Crippen LogP contribution is -2.17. The van der Waals surface area contributed by atoms with Gasteiger partial charge in [-0.25, -0.2) is 10.2 Å². The second-order valence-corrected chi connectivity index (χ2v) is 7.10. The molecule has 0 heterocycles. The minimum absolute atomic E-state index is 0.0688. The minimum atomic E-state index is -0.487. The highest BCUT2D eigenvalue weighted by Crippen LogP contribution is 2.23. The number of hydrazone groups is 1. The van der Waals surface area contributed by atoms with Crippen molar-refractivity contribution in [3.63, 3.8) is 0 Å². The number of nitrogens with zero attached hydrogens (tertiary/aromatic N) is 1. The van der Waals surface area contributed by atoms with Crippen LogP contribution in [0.1, 0.15) is 31.8 Å². The number of benzene rings is 3. The van der Waals surface area contributed by atoms with Crippen LogP contribution >= 0.6 is 15.9 Å². The molecule has 7 heteroatoms. The van der Waals surface area contributed by atoms with Gasteiger partial charge in [-0.3, -0.25) is 4.79 Å². The van der Waals surface area contributed by atoms with Crippen molar-refractivity contribution in [1.82, 2.24) is 5.43 Å². The number of esters is 1. The molecule has 0 bridgehead atoms. The molecule has 0 aromatic heterocycles. The maximum atomic E-state index is 12.4. The van der Waals surface area contributed by atoms with Crippen molar-refractivity contribution in [3.8, 4) is 11.5 Å². The van der Waals surface area contributed by atoms with Crippen molar-refractivity contribution in [2.75, 3.05) is 0 Å². The van der Waals surface area contributed by atoms with Crippen LogP contribution in [0.2, 0.25) is 0 Å². The van der Waals surface area contributed by atoms with Crippen LogP contribution in [0.3, 0.4) is 0 Å². The van der Waals surface area contributed by atoms with Gasteiger partial charge in [0.15, 0.2) is 0 Å². The summed E-state index contributed by atoms with van der Waals surface area (Å²) in [5, 5.41) is 13.2. The number of halogens is 1. The predicted octanol–water partition coefficient (Wildman–Crippen LogP) is 4.45. The van der Waals surface area contributed by atoms with Gasteiger partial charge in [-0.15, -0.1) is 0 Å². The van der Waals surface area contributed by atoms with Gasteiger partial charge in [-0.1, -0.05) is 33.6 Å². The first-order valence-corrected chi connectivity index (χ1v) is 9.42. The monoisotopic (exact) mass is 452 g/mol. The Morgan fingerprint density at radius 1 is 1.03 bits per heavy atom. The molecule has 0 aliphatic heterocycles. The Labute approximate surface area is 176 Å². The van der Waals surface area contributed by atoms with Gasteiger partial charge in [0.2, 0.25) is 0 Å². The van der Waals surface area contributed by atoms with E-state index in [2.05, 4.69) is 26.5 Å². The van der Waals surface area contributed by atoms with Gasteiger partial charge in [0, 0.05) is 15.6 Å². The highest BCUT2D eigenvalue weighted by molar-refractivity contribution is 9.10. The zero-order valence-electron chi connectivity index (χ0n) is 15.4. The number of aromatic hydroxyl groups is 1. The number of phenols is 1. The largest absolute Gasteiger partial charge is 0.508 e. The third-order valence-corrected chi connectivity index (χ3v) is 4.42. The summed E-state index contributed by atoms with van der Waals surface area (Å²) < 4.78 is 6.27. The van der Waals surface area contributed by atoms with Crippen LogP contribution in [0.25, 0.3) is 0 Å². The topological polar surface area (TPSA) is 88.0 Å². The fourth-order valence-corrected chi connectivity index (χ4v) is 2.86. The van der Waals surface area contributed by atoms with E-state index in [-0.39, 0.29) is 5.75 Å². The summed E-state index contributed by atoms with van der Waals surface area (Å²) in [4.78, 5) is 24.5. The van der Waals surface area contributed by atoms with E-state index in [0.717, 1.165) is 10.0 Å². The highest BCUT2D eigenvalue weighted by atomic mass is 79.9. The number of hydrogen-bond donors (Lipinski definition) is 2. The van der Waals surface area contributed by atoms with E-state index in [1.807, 2.05) is 13.0 Å². The van der Waals surface area contributed by atoms with Crippen molar-refractivity contribution in [3.05, 3.63) is 93.5 Å². The summed E-state index contributed by atoms with van der Waals surface area (Å²) in [6, 6.07) is 18.0. The van der Waals surface area contributed by atoms with Crippen LogP contribution in [0.15, 0.2) is 76.3 Å². The molecule has 0 unspecified atom stereocenters. The summed E-state index contributed by atoms with van der Waals surface area (Å²) in [5.74, 6) is -0.546. The van der Waals surface area contributed by atoms with Crippen molar-refractivity contribution >= 4 is 34.0 Å². The van der Waals surface area contributed by atoms with Gasteiger partial charge in [-0.2, -0.15) is 5.10 Å². The maximum Gasteiger partial charge on any atom is 0.343 e. The van der Waals surface area contributed by atoms with E-state index >= 15 is 0 Å². The molecular formula is C22H17BrN2O4. The zero-order chi connectivity index (χ0) is 20.8. The predicted molar refractivity (Wildman–Crippen MR) is 113 cm³/mol. The molecule has 6 nitrogen and oxygen atoms in total. The molecule has 1 amide bonds. The number of rotatable bonds is 5. The number of carbonyl (C=O) groups excluding carboxylic acids is 2. The average Bonchev–Trinajstić information content (AvgIpc) is 2.70. The standard InChI is InChI=1S/C22H17BrN2O4/c1-14-3-2-4-16(11-14)22(28)29-20-10-7-18(23)12-17(20)13-24-25-21(27)15-5-8-19(26)9-6-15/h2-13,26H,1H3,(H,25,27)/b24-13-. The Bertz CT molecular complexity index is 1080. The molecule has 3 rings (SSSR count). The number of phenolic OH excluding ortho intramolecular Hbond substituents is 1. The fourth-order valence-electron chi connectivity index (χ4n) is 2.48. The molecule has 0 saturated carbocycles. The zero-order valence-corrected chi connectivity index (χ0v) is 17.0. The molecular weight excluding hydrogens is 436 g/mol. The Kier molecular flexibility index (Phi) is 6.41. The first-order valence-electron chi connectivity index (χ1n) is 8.63. The van der Waals surface area contributed by atoms with Crippen LogP contribution in [-0.4, -0.2) is 23.2 Å². The van der Waals surface area contributed by atoms with Crippen LogP contribution in [0, 0.1) is 6.92 Å². The summed E-state index contributed by atoms with van der Waals surface area (Å²) >= 11 is 3.37. The molecule has 29 heavy (non-hydrogen) atoms. The van der Waals surface area contributed by atoms with Crippen molar-refractivity contribution in [2.45, 2.75) is 6.92 Å². The Balaban J connectivity index is 1.74. The number of nitrogens with one attached hydrogen (secondary N) is 1. The second kappa shape index (κ2) is 9.16. The first-order chi connectivity index (χ1) is 13.9. The molecule has 146 valence electrons. The summed E-state index contributed by atoms with van der Waals surface area (Å²) in [7, 11) is 0.